The standard InChI is InChI=1S/C18H14BBr/c20-18-13-11-17(12-14-18)19(15-7-3-1-4-8-15)16-9-5-2-6-10-16/h1-14H. The van der Waals surface area contributed by atoms with Crippen LogP contribution in [0.2, 0.25) is 0 Å². The summed E-state index contributed by atoms with van der Waals surface area (Å²) in [5.74, 6) is 0. The van der Waals surface area contributed by atoms with E-state index in [4.69, 9.17) is 0 Å². The lowest BCUT2D eigenvalue weighted by Crippen LogP contribution is -2.51. The van der Waals surface area contributed by atoms with Crippen LogP contribution in [0.5, 0.6) is 0 Å². The number of halogens is 1. The molecule has 3 aromatic rings. The average molecular weight is 321 g/mol. The molecule has 0 atom stereocenters. The third-order valence-corrected chi connectivity index (χ3v) is 4.00. The predicted octanol–water partition coefficient (Wildman–Crippen LogP) is 2.97. The zero-order chi connectivity index (χ0) is 13.8. The van der Waals surface area contributed by atoms with Gasteiger partial charge in [-0.2, -0.15) is 0 Å². The van der Waals surface area contributed by atoms with E-state index in [0.717, 1.165) is 4.47 Å². The highest BCUT2D eigenvalue weighted by atomic mass is 79.9. The molecule has 3 rings (SSSR count). The molecule has 0 nitrogen and oxygen atoms in total. The fraction of sp³-hybridized carbons (Fsp3) is 0. The van der Waals surface area contributed by atoms with Crippen LogP contribution in [0.15, 0.2) is 89.4 Å². The summed E-state index contributed by atoms with van der Waals surface area (Å²) in [5, 5.41) is 0. The van der Waals surface area contributed by atoms with E-state index in [1.807, 2.05) is 0 Å². The van der Waals surface area contributed by atoms with Crippen LogP contribution in [-0.4, -0.2) is 6.71 Å². The first kappa shape index (κ1) is 13.2. The largest absolute Gasteiger partial charge is 0.241 e. The van der Waals surface area contributed by atoms with Gasteiger partial charge < -0.3 is 0 Å². The third kappa shape index (κ3) is 2.86. The zero-order valence-electron chi connectivity index (χ0n) is 11.0. The van der Waals surface area contributed by atoms with Crippen LogP contribution in [0.4, 0.5) is 0 Å². The summed E-state index contributed by atoms with van der Waals surface area (Å²) in [4.78, 5) is 0. The average Bonchev–Trinajstić information content (AvgIpc) is 2.52. The van der Waals surface area contributed by atoms with Crippen molar-refractivity contribution < 1.29 is 0 Å². The molecule has 20 heavy (non-hydrogen) atoms. The highest BCUT2D eigenvalue weighted by molar-refractivity contribution is 9.10. The Morgan fingerprint density at radius 2 is 0.900 bits per heavy atom. The first-order valence-corrected chi connectivity index (χ1v) is 7.49. The highest BCUT2D eigenvalue weighted by Gasteiger charge is 2.20. The molecule has 0 aromatic heterocycles. The van der Waals surface area contributed by atoms with Crippen molar-refractivity contribution in [3.63, 3.8) is 0 Å². The molecule has 0 saturated heterocycles. The Morgan fingerprint density at radius 3 is 1.35 bits per heavy atom. The lowest BCUT2D eigenvalue weighted by Gasteiger charge is -2.15. The molecule has 0 saturated carbocycles. The second-order valence-corrected chi connectivity index (χ2v) is 5.72. The van der Waals surface area contributed by atoms with E-state index in [-0.39, 0.29) is 6.71 Å². The number of hydrogen-bond donors (Lipinski definition) is 0. The Balaban J connectivity index is 2.11. The van der Waals surface area contributed by atoms with Crippen molar-refractivity contribution >= 4 is 39.0 Å². The van der Waals surface area contributed by atoms with Crippen LogP contribution in [0.3, 0.4) is 0 Å². The van der Waals surface area contributed by atoms with Crippen LogP contribution in [0.25, 0.3) is 0 Å². The molecule has 2 heteroatoms. The van der Waals surface area contributed by atoms with Crippen molar-refractivity contribution in [2.24, 2.45) is 0 Å². The second-order valence-electron chi connectivity index (χ2n) is 4.81. The van der Waals surface area contributed by atoms with Gasteiger partial charge in [0, 0.05) is 4.47 Å². The minimum absolute atomic E-state index is 0.283. The summed E-state index contributed by atoms with van der Waals surface area (Å²) in [7, 11) is 0. The van der Waals surface area contributed by atoms with Gasteiger partial charge in [0.15, 0.2) is 0 Å². The number of benzene rings is 3. The van der Waals surface area contributed by atoms with Crippen molar-refractivity contribution in [1.29, 1.82) is 0 Å². The van der Waals surface area contributed by atoms with Gasteiger partial charge in [0.1, 0.15) is 0 Å². The molecule has 0 aliphatic carbocycles. The number of hydrogen-bond acceptors (Lipinski definition) is 0. The van der Waals surface area contributed by atoms with Gasteiger partial charge in [0.2, 0.25) is 6.71 Å². The summed E-state index contributed by atoms with van der Waals surface area (Å²) in [6, 6.07) is 29.9. The Bertz CT molecular complexity index is 623. The fourth-order valence-corrected chi connectivity index (χ4v) is 2.79. The molecule has 0 heterocycles. The van der Waals surface area contributed by atoms with Gasteiger partial charge in [-0.25, -0.2) is 0 Å². The normalized spacial score (nSPS) is 10.2. The molecule has 0 spiro atoms. The third-order valence-electron chi connectivity index (χ3n) is 3.47. The summed E-state index contributed by atoms with van der Waals surface area (Å²) in [6.07, 6.45) is 0. The first-order valence-electron chi connectivity index (χ1n) is 6.70. The molecule has 0 aliphatic rings. The van der Waals surface area contributed by atoms with Crippen molar-refractivity contribution in [3.05, 3.63) is 89.4 Å². The van der Waals surface area contributed by atoms with Crippen molar-refractivity contribution in [2.45, 2.75) is 0 Å². The maximum absolute atomic E-state index is 3.51. The minimum Gasteiger partial charge on any atom is -0.0687 e. The summed E-state index contributed by atoms with van der Waals surface area (Å²) < 4.78 is 1.11. The summed E-state index contributed by atoms with van der Waals surface area (Å²) in [5.41, 5.74) is 3.95. The maximum Gasteiger partial charge on any atom is 0.241 e. The van der Waals surface area contributed by atoms with E-state index < -0.39 is 0 Å². The van der Waals surface area contributed by atoms with Crippen molar-refractivity contribution in [1.82, 2.24) is 0 Å². The number of rotatable bonds is 3. The maximum atomic E-state index is 3.51. The van der Waals surface area contributed by atoms with Crippen LogP contribution in [0, 0.1) is 0 Å². The molecule has 96 valence electrons. The fourth-order valence-electron chi connectivity index (χ4n) is 2.52. The summed E-state index contributed by atoms with van der Waals surface area (Å²) >= 11 is 3.51. The lowest BCUT2D eigenvalue weighted by molar-refractivity contribution is 1.68. The lowest BCUT2D eigenvalue weighted by atomic mass is 9.37. The second kappa shape index (κ2) is 6.10. The first-order chi connectivity index (χ1) is 9.84. The molecule has 0 bridgehead atoms. The predicted molar refractivity (Wildman–Crippen MR) is 91.7 cm³/mol. The monoisotopic (exact) mass is 320 g/mol. The SMILES string of the molecule is Brc1ccc(B(c2ccccc2)c2ccccc2)cc1. The van der Waals surface area contributed by atoms with Gasteiger partial charge in [0.25, 0.3) is 0 Å². The van der Waals surface area contributed by atoms with Crippen LogP contribution < -0.4 is 16.4 Å². The van der Waals surface area contributed by atoms with Gasteiger partial charge in [-0.15, -0.1) is 0 Å². The molecule has 0 fully saturated rings. The molecular formula is C18H14BBr. The minimum atomic E-state index is 0.283. The molecule has 0 radical (unpaired) electrons. The van der Waals surface area contributed by atoms with E-state index in [1.54, 1.807) is 0 Å². The van der Waals surface area contributed by atoms with Gasteiger partial charge in [-0.1, -0.05) is 105 Å². The highest BCUT2D eigenvalue weighted by Crippen LogP contribution is 2.06. The van der Waals surface area contributed by atoms with E-state index in [0.29, 0.717) is 0 Å². The molecule has 3 aromatic carbocycles. The van der Waals surface area contributed by atoms with Crippen molar-refractivity contribution in [3.8, 4) is 0 Å². The van der Waals surface area contributed by atoms with Crippen molar-refractivity contribution in [2.75, 3.05) is 0 Å². The van der Waals surface area contributed by atoms with Gasteiger partial charge in [-0.05, 0) is 12.1 Å². The molecule has 0 amide bonds. The van der Waals surface area contributed by atoms with Gasteiger partial charge in [-0.3, -0.25) is 0 Å². The molecule has 0 unspecified atom stereocenters. The smallest absolute Gasteiger partial charge is 0.0687 e. The van der Waals surface area contributed by atoms with Crippen LogP contribution in [0.1, 0.15) is 0 Å². The Labute approximate surface area is 128 Å². The Hall–Kier alpha value is -1.80. The summed E-state index contributed by atoms with van der Waals surface area (Å²) in [6.45, 7) is 0.283. The quantitative estimate of drug-likeness (QED) is 0.651. The van der Waals surface area contributed by atoms with Crippen LogP contribution >= 0.6 is 15.9 Å². The van der Waals surface area contributed by atoms with E-state index in [1.165, 1.54) is 16.4 Å². The topological polar surface area (TPSA) is 0 Å². The van der Waals surface area contributed by atoms with E-state index in [9.17, 15) is 0 Å². The van der Waals surface area contributed by atoms with Crippen LogP contribution in [-0.2, 0) is 0 Å². The van der Waals surface area contributed by atoms with E-state index in [2.05, 4.69) is 101 Å². The zero-order valence-corrected chi connectivity index (χ0v) is 12.6. The van der Waals surface area contributed by atoms with Gasteiger partial charge >= 0.3 is 0 Å². The molecule has 0 N–H and O–H groups in total. The molecular weight excluding hydrogens is 307 g/mol. The Kier molecular flexibility index (Phi) is 4.03. The van der Waals surface area contributed by atoms with E-state index >= 15 is 0 Å². The van der Waals surface area contributed by atoms with Gasteiger partial charge in [0.05, 0.1) is 0 Å². The molecule has 0 aliphatic heterocycles. The Morgan fingerprint density at radius 1 is 0.500 bits per heavy atom.